The van der Waals surface area contributed by atoms with Gasteiger partial charge in [0.15, 0.2) is 5.82 Å². The lowest BCUT2D eigenvalue weighted by Gasteiger charge is -2.11. The van der Waals surface area contributed by atoms with Crippen LogP contribution in [0.4, 0.5) is 5.82 Å². The number of aryl methyl sites for hydroxylation is 1. The average molecular weight is 286 g/mol. The van der Waals surface area contributed by atoms with Gasteiger partial charge in [0.25, 0.3) is 0 Å². The number of rotatable bonds is 6. The summed E-state index contributed by atoms with van der Waals surface area (Å²) < 4.78 is 5.58. The van der Waals surface area contributed by atoms with E-state index in [9.17, 15) is 0 Å². The quantitative estimate of drug-likeness (QED) is 0.630. The van der Waals surface area contributed by atoms with Crippen molar-refractivity contribution in [3.63, 3.8) is 0 Å². The molecule has 3 N–H and O–H groups in total. The number of hydrazine groups is 1. The molecule has 0 unspecified atom stereocenters. The maximum Gasteiger partial charge on any atom is 0.161 e. The van der Waals surface area contributed by atoms with Crippen molar-refractivity contribution in [3.05, 3.63) is 35.5 Å². The number of nitrogens with zero attached hydrogens (tertiary/aromatic N) is 2. The third kappa shape index (κ3) is 3.49. The molecule has 0 spiro atoms. The maximum absolute atomic E-state index is 5.58. The normalized spacial score (nSPS) is 10.5. The van der Waals surface area contributed by atoms with Crippen LogP contribution < -0.4 is 16.0 Å². The number of nitrogens with two attached hydrogens (primary N) is 1. The SMILES string of the molecule is CCCOc1ccc(-c2nc(C)c(CC)c(NN)n2)cc1. The van der Waals surface area contributed by atoms with E-state index in [-0.39, 0.29) is 0 Å². The summed E-state index contributed by atoms with van der Waals surface area (Å²) in [6.45, 7) is 6.85. The molecule has 1 heterocycles. The van der Waals surface area contributed by atoms with Crippen molar-refractivity contribution in [1.82, 2.24) is 9.97 Å². The van der Waals surface area contributed by atoms with Gasteiger partial charge in [0, 0.05) is 16.8 Å². The van der Waals surface area contributed by atoms with E-state index in [1.165, 1.54) is 0 Å². The molecule has 2 rings (SSSR count). The van der Waals surface area contributed by atoms with Crippen molar-refractivity contribution >= 4 is 5.82 Å². The van der Waals surface area contributed by atoms with E-state index in [1.807, 2.05) is 31.2 Å². The maximum atomic E-state index is 5.58. The van der Waals surface area contributed by atoms with Crippen LogP contribution in [0.3, 0.4) is 0 Å². The van der Waals surface area contributed by atoms with Crippen LogP contribution in [0.1, 0.15) is 31.5 Å². The van der Waals surface area contributed by atoms with Gasteiger partial charge in [-0.05, 0) is 44.0 Å². The van der Waals surface area contributed by atoms with Crippen LogP contribution in [-0.4, -0.2) is 16.6 Å². The smallest absolute Gasteiger partial charge is 0.161 e. The van der Waals surface area contributed by atoms with Gasteiger partial charge in [-0.15, -0.1) is 0 Å². The molecule has 5 heteroatoms. The van der Waals surface area contributed by atoms with Gasteiger partial charge in [0.2, 0.25) is 0 Å². The fraction of sp³-hybridized carbons (Fsp3) is 0.375. The van der Waals surface area contributed by atoms with E-state index in [1.54, 1.807) is 0 Å². The molecule has 1 aromatic heterocycles. The summed E-state index contributed by atoms with van der Waals surface area (Å²) in [5.74, 6) is 7.77. The standard InChI is InChI=1S/C16H22N4O/c1-4-10-21-13-8-6-12(7-9-13)15-18-11(3)14(5-2)16(19-15)20-17/h6-9H,4-5,10,17H2,1-3H3,(H,18,19,20). The van der Waals surface area contributed by atoms with E-state index >= 15 is 0 Å². The highest BCUT2D eigenvalue weighted by Crippen LogP contribution is 2.24. The molecule has 0 aliphatic rings. The molecule has 1 aromatic carbocycles. The van der Waals surface area contributed by atoms with Crippen LogP contribution in [0.2, 0.25) is 0 Å². The molecule has 0 radical (unpaired) electrons. The fourth-order valence-corrected chi connectivity index (χ4v) is 2.19. The summed E-state index contributed by atoms with van der Waals surface area (Å²) in [7, 11) is 0. The Bertz CT molecular complexity index is 596. The largest absolute Gasteiger partial charge is 0.494 e. The first kappa shape index (κ1) is 15.3. The molecule has 0 aliphatic carbocycles. The Kier molecular flexibility index (Phi) is 5.11. The van der Waals surface area contributed by atoms with E-state index < -0.39 is 0 Å². The lowest BCUT2D eigenvalue weighted by atomic mass is 10.1. The first-order chi connectivity index (χ1) is 10.2. The summed E-state index contributed by atoms with van der Waals surface area (Å²) in [6.07, 6.45) is 1.84. The van der Waals surface area contributed by atoms with Crippen LogP contribution in [0, 0.1) is 6.92 Å². The molecular formula is C16H22N4O. The fourth-order valence-electron chi connectivity index (χ4n) is 2.19. The van der Waals surface area contributed by atoms with Gasteiger partial charge in [-0.25, -0.2) is 15.8 Å². The minimum absolute atomic E-state index is 0.666. The van der Waals surface area contributed by atoms with Crippen LogP contribution in [0.25, 0.3) is 11.4 Å². The third-order valence-corrected chi connectivity index (χ3v) is 3.29. The minimum Gasteiger partial charge on any atom is -0.494 e. The van der Waals surface area contributed by atoms with Gasteiger partial charge in [0.1, 0.15) is 11.6 Å². The number of ether oxygens (including phenoxy) is 1. The molecule has 0 fully saturated rings. The number of nitrogens with one attached hydrogen (secondary N) is 1. The first-order valence-corrected chi connectivity index (χ1v) is 7.27. The summed E-state index contributed by atoms with van der Waals surface area (Å²) >= 11 is 0. The predicted octanol–water partition coefficient (Wildman–Crippen LogP) is 3.09. The lowest BCUT2D eigenvalue weighted by Crippen LogP contribution is -2.13. The Morgan fingerprint density at radius 2 is 1.86 bits per heavy atom. The molecule has 5 nitrogen and oxygen atoms in total. The molecule has 0 aliphatic heterocycles. The molecule has 2 aromatic rings. The molecule has 0 bridgehead atoms. The van der Waals surface area contributed by atoms with Crippen molar-refractivity contribution in [3.8, 4) is 17.1 Å². The van der Waals surface area contributed by atoms with Crippen molar-refractivity contribution in [2.24, 2.45) is 5.84 Å². The van der Waals surface area contributed by atoms with Crippen molar-refractivity contribution in [2.75, 3.05) is 12.0 Å². The molecule has 0 atom stereocenters. The molecule has 0 saturated carbocycles. The van der Waals surface area contributed by atoms with Crippen molar-refractivity contribution in [2.45, 2.75) is 33.6 Å². The summed E-state index contributed by atoms with van der Waals surface area (Å²) in [6, 6.07) is 7.80. The topological polar surface area (TPSA) is 73.1 Å². The Labute approximate surface area is 125 Å². The van der Waals surface area contributed by atoms with Crippen LogP contribution >= 0.6 is 0 Å². The van der Waals surface area contributed by atoms with Crippen LogP contribution in [-0.2, 0) is 6.42 Å². The number of aromatic nitrogens is 2. The van der Waals surface area contributed by atoms with Gasteiger partial charge >= 0.3 is 0 Å². The molecular weight excluding hydrogens is 264 g/mol. The van der Waals surface area contributed by atoms with E-state index in [0.29, 0.717) is 11.6 Å². The first-order valence-electron chi connectivity index (χ1n) is 7.27. The molecule has 0 amide bonds. The number of nitrogen functional groups attached to an aromatic ring is 1. The Hall–Kier alpha value is -2.14. The van der Waals surface area contributed by atoms with Gasteiger partial charge in [0.05, 0.1) is 6.61 Å². The number of hydrogen-bond donors (Lipinski definition) is 2. The molecule has 21 heavy (non-hydrogen) atoms. The highest BCUT2D eigenvalue weighted by atomic mass is 16.5. The third-order valence-electron chi connectivity index (χ3n) is 3.29. The number of hydrogen-bond acceptors (Lipinski definition) is 5. The second kappa shape index (κ2) is 7.04. The van der Waals surface area contributed by atoms with E-state index in [4.69, 9.17) is 10.6 Å². The molecule has 0 saturated heterocycles. The van der Waals surface area contributed by atoms with E-state index in [2.05, 4.69) is 29.2 Å². The average Bonchev–Trinajstić information content (AvgIpc) is 2.52. The lowest BCUT2D eigenvalue weighted by molar-refractivity contribution is 0.317. The zero-order valence-electron chi connectivity index (χ0n) is 12.8. The Balaban J connectivity index is 2.31. The van der Waals surface area contributed by atoms with Gasteiger partial charge in [-0.2, -0.15) is 0 Å². The Morgan fingerprint density at radius 3 is 2.43 bits per heavy atom. The minimum atomic E-state index is 0.666. The van der Waals surface area contributed by atoms with Gasteiger partial charge in [-0.3, -0.25) is 0 Å². The summed E-state index contributed by atoms with van der Waals surface area (Å²) in [4.78, 5) is 9.06. The summed E-state index contributed by atoms with van der Waals surface area (Å²) in [5, 5.41) is 0. The van der Waals surface area contributed by atoms with Gasteiger partial charge < -0.3 is 10.2 Å². The zero-order chi connectivity index (χ0) is 15.2. The number of anilines is 1. The Morgan fingerprint density at radius 1 is 1.14 bits per heavy atom. The zero-order valence-corrected chi connectivity index (χ0v) is 12.8. The van der Waals surface area contributed by atoms with E-state index in [0.717, 1.165) is 42.0 Å². The van der Waals surface area contributed by atoms with Crippen LogP contribution in [0.5, 0.6) is 5.75 Å². The van der Waals surface area contributed by atoms with Crippen molar-refractivity contribution in [1.29, 1.82) is 0 Å². The monoisotopic (exact) mass is 286 g/mol. The summed E-state index contributed by atoms with van der Waals surface area (Å²) in [5.41, 5.74) is 5.60. The number of benzene rings is 1. The van der Waals surface area contributed by atoms with Crippen LogP contribution in [0.15, 0.2) is 24.3 Å². The molecule has 112 valence electrons. The highest BCUT2D eigenvalue weighted by molar-refractivity contribution is 5.60. The highest BCUT2D eigenvalue weighted by Gasteiger charge is 2.10. The second-order valence-corrected chi connectivity index (χ2v) is 4.83. The predicted molar refractivity (Wildman–Crippen MR) is 85.2 cm³/mol. The second-order valence-electron chi connectivity index (χ2n) is 4.83. The van der Waals surface area contributed by atoms with Gasteiger partial charge in [-0.1, -0.05) is 13.8 Å². The van der Waals surface area contributed by atoms with Crippen molar-refractivity contribution < 1.29 is 4.74 Å².